The zero-order chi connectivity index (χ0) is 16.5. The number of amides is 1. The van der Waals surface area contributed by atoms with Gasteiger partial charge in [0.15, 0.2) is 6.10 Å². The van der Waals surface area contributed by atoms with Crippen molar-refractivity contribution in [1.82, 2.24) is 5.32 Å². The Morgan fingerprint density at radius 2 is 2.00 bits per heavy atom. The predicted molar refractivity (Wildman–Crippen MR) is 80.3 cm³/mol. The highest BCUT2D eigenvalue weighted by Crippen LogP contribution is 2.13. The molecule has 6 nitrogen and oxygen atoms in total. The number of carbonyl (C=O) groups excluding carboxylic acids is 1. The monoisotopic (exact) mass is 304 g/mol. The number of unbranched alkanes of at least 4 members (excludes halogenated alkanes) is 1. The number of rotatable bonds is 8. The largest absolute Gasteiger partial charge is 0.481 e. The molecule has 6 heteroatoms. The molecule has 0 aliphatic rings. The van der Waals surface area contributed by atoms with Gasteiger partial charge < -0.3 is 15.2 Å². The summed E-state index contributed by atoms with van der Waals surface area (Å²) >= 11 is 0. The van der Waals surface area contributed by atoms with E-state index in [-0.39, 0.29) is 0 Å². The molecule has 1 aromatic carbocycles. The molecule has 0 heterocycles. The van der Waals surface area contributed by atoms with E-state index in [1.165, 1.54) is 0 Å². The summed E-state index contributed by atoms with van der Waals surface area (Å²) in [5, 5.41) is 20.3. The smallest absolute Gasteiger partial charge is 0.326 e. The van der Waals surface area contributed by atoms with E-state index < -0.39 is 24.0 Å². The third-order valence-corrected chi connectivity index (χ3v) is 3.13. The van der Waals surface area contributed by atoms with Crippen molar-refractivity contribution in [3.05, 3.63) is 29.8 Å². The first-order chi connectivity index (χ1) is 10.5. The Hall–Kier alpha value is -2.55. The average Bonchev–Trinajstić information content (AvgIpc) is 2.51. The lowest BCUT2D eigenvalue weighted by molar-refractivity contribution is -0.143. The number of benzene rings is 1. The van der Waals surface area contributed by atoms with E-state index in [9.17, 15) is 9.59 Å². The number of nitrogens with zero attached hydrogens (tertiary/aromatic N) is 1. The molecule has 0 saturated carbocycles. The second kappa shape index (κ2) is 8.67. The third-order valence-electron chi connectivity index (χ3n) is 3.13. The molecular formula is C16H20N2O4. The minimum Gasteiger partial charge on any atom is -0.481 e. The van der Waals surface area contributed by atoms with Crippen LogP contribution in [0.25, 0.3) is 0 Å². The number of carbonyl (C=O) groups is 2. The Labute approximate surface area is 129 Å². The van der Waals surface area contributed by atoms with Crippen molar-refractivity contribution in [3.63, 3.8) is 0 Å². The maximum atomic E-state index is 12.0. The molecule has 0 bridgehead atoms. The standard InChI is InChI=1S/C16H20N2O4/c1-3-4-5-14(16(20)21)18-15(19)11(2)22-13-8-6-12(10-17)7-9-13/h6-9,11,14H,3-5H2,1-2H3,(H,18,19)(H,20,21)/t11?,14-/m0/s1. The van der Waals surface area contributed by atoms with Gasteiger partial charge in [0.25, 0.3) is 5.91 Å². The first kappa shape index (κ1) is 17.5. The van der Waals surface area contributed by atoms with E-state index in [4.69, 9.17) is 15.1 Å². The summed E-state index contributed by atoms with van der Waals surface area (Å²) < 4.78 is 5.45. The summed E-state index contributed by atoms with van der Waals surface area (Å²) in [5.74, 6) is -1.08. The number of aliphatic carboxylic acids is 1. The number of carboxylic acids is 1. The maximum absolute atomic E-state index is 12.0. The lowest BCUT2D eigenvalue weighted by Crippen LogP contribution is -2.46. The van der Waals surface area contributed by atoms with Gasteiger partial charge in [-0.1, -0.05) is 19.8 Å². The molecule has 0 aromatic heterocycles. The van der Waals surface area contributed by atoms with Crippen molar-refractivity contribution in [1.29, 1.82) is 5.26 Å². The number of nitriles is 1. The molecule has 1 rings (SSSR count). The van der Waals surface area contributed by atoms with Crippen LogP contribution >= 0.6 is 0 Å². The Morgan fingerprint density at radius 1 is 1.36 bits per heavy atom. The lowest BCUT2D eigenvalue weighted by Gasteiger charge is -2.18. The van der Waals surface area contributed by atoms with Gasteiger partial charge in [0, 0.05) is 0 Å². The summed E-state index contributed by atoms with van der Waals surface area (Å²) in [6.45, 7) is 3.50. The van der Waals surface area contributed by atoms with Crippen LogP contribution in [-0.2, 0) is 9.59 Å². The van der Waals surface area contributed by atoms with Gasteiger partial charge in [-0.05, 0) is 37.6 Å². The third kappa shape index (κ3) is 5.44. The molecule has 0 aliphatic heterocycles. The van der Waals surface area contributed by atoms with Crippen LogP contribution in [0, 0.1) is 11.3 Å². The molecule has 1 amide bonds. The highest BCUT2D eigenvalue weighted by atomic mass is 16.5. The Bertz CT molecular complexity index is 548. The zero-order valence-corrected chi connectivity index (χ0v) is 12.7. The van der Waals surface area contributed by atoms with Crippen molar-refractivity contribution in [2.45, 2.75) is 45.3 Å². The molecule has 118 valence electrons. The average molecular weight is 304 g/mol. The van der Waals surface area contributed by atoms with Crippen LogP contribution in [0.4, 0.5) is 0 Å². The van der Waals surface area contributed by atoms with Gasteiger partial charge in [-0.25, -0.2) is 4.79 Å². The highest BCUT2D eigenvalue weighted by molar-refractivity contribution is 5.86. The number of nitrogens with one attached hydrogen (secondary N) is 1. The van der Waals surface area contributed by atoms with Crippen LogP contribution in [0.1, 0.15) is 38.7 Å². The van der Waals surface area contributed by atoms with Crippen molar-refractivity contribution < 1.29 is 19.4 Å². The van der Waals surface area contributed by atoms with E-state index in [0.717, 1.165) is 12.8 Å². The summed E-state index contributed by atoms with van der Waals surface area (Å²) in [4.78, 5) is 23.1. The van der Waals surface area contributed by atoms with Gasteiger partial charge in [0.05, 0.1) is 11.6 Å². The molecule has 0 saturated heterocycles. The van der Waals surface area contributed by atoms with E-state index in [1.807, 2.05) is 13.0 Å². The first-order valence-electron chi connectivity index (χ1n) is 7.18. The fraction of sp³-hybridized carbons (Fsp3) is 0.438. The molecule has 0 aliphatic carbocycles. The molecule has 2 N–H and O–H groups in total. The first-order valence-corrected chi connectivity index (χ1v) is 7.18. The Balaban J connectivity index is 2.59. The Kier molecular flexibility index (Phi) is 6.90. The van der Waals surface area contributed by atoms with E-state index in [2.05, 4.69) is 5.32 Å². The molecule has 1 unspecified atom stereocenters. The van der Waals surface area contributed by atoms with Crippen LogP contribution in [0.5, 0.6) is 5.75 Å². The second-order valence-electron chi connectivity index (χ2n) is 4.94. The van der Waals surface area contributed by atoms with Crippen LogP contribution in [0.3, 0.4) is 0 Å². The SMILES string of the molecule is CCCC[C@H](NC(=O)C(C)Oc1ccc(C#N)cc1)C(=O)O. The predicted octanol–water partition coefficient (Wildman–Crippen LogP) is 2.09. The van der Waals surface area contributed by atoms with Crippen LogP contribution in [0.15, 0.2) is 24.3 Å². The molecule has 0 radical (unpaired) electrons. The summed E-state index contributed by atoms with van der Waals surface area (Å²) in [5.41, 5.74) is 0.495. The molecule has 22 heavy (non-hydrogen) atoms. The summed E-state index contributed by atoms with van der Waals surface area (Å²) in [6.07, 6.45) is 1.15. The lowest BCUT2D eigenvalue weighted by atomic mass is 10.1. The number of carboxylic acid groups (broad SMARTS) is 1. The normalized spacial score (nSPS) is 12.8. The van der Waals surface area contributed by atoms with Gasteiger partial charge in [-0.3, -0.25) is 4.79 Å². The van der Waals surface area contributed by atoms with Gasteiger partial charge in [0.1, 0.15) is 11.8 Å². The van der Waals surface area contributed by atoms with Crippen molar-refractivity contribution in [3.8, 4) is 11.8 Å². The molecule has 0 spiro atoms. The number of hydrogen-bond acceptors (Lipinski definition) is 4. The van der Waals surface area contributed by atoms with Gasteiger partial charge in [0.2, 0.25) is 0 Å². The van der Waals surface area contributed by atoms with E-state index in [1.54, 1.807) is 31.2 Å². The Morgan fingerprint density at radius 3 is 2.50 bits per heavy atom. The number of ether oxygens (including phenoxy) is 1. The van der Waals surface area contributed by atoms with Crippen LogP contribution < -0.4 is 10.1 Å². The minimum atomic E-state index is -1.05. The van der Waals surface area contributed by atoms with Crippen molar-refractivity contribution in [2.24, 2.45) is 0 Å². The molecule has 2 atom stereocenters. The maximum Gasteiger partial charge on any atom is 0.326 e. The zero-order valence-electron chi connectivity index (χ0n) is 12.7. The van der Waals surface area contributed by atoms with Crippen LogP contribution in [-0.4, -0.2) is 29.1 Å². The molecule has 0 fully saturated rings. The molecule has 1 aromatic rings. The number of hydrogen-bond donors (Lipinski definition) is 2. The highest BCUT2D eigenvalue weighted by Gasteiger charge is 2.23. The quantitative estimate of drug-likeness (QED) is 0.766. The van der Waals surface area contributed by atoms with E-state index >= 15 is 0 Å². The second-order valence-corrected chi connectivity index (χ2v) is 4.94. The van der Waals surface area contributed by atoms with Crippen molar-refractivity contribution in [2.75, 3.05) is 0 Å². The summed E-state index contributed by atoms with van der Waals surface area (Å²) in [7, 11) is 0. The topological polar surface area (TPSA) is 99.4 Å². The fourth-order valence-corrected chi connectivity index (χ4v) is 1.82. The van der Waals surface area contributed by atoms with Crippen molar-refractivity contribution >= 4 is 11.9 Å². The fourth-order valence-electron chi connectivity index (χ4n) is 1.82. The van der Waals surface area contributed by atoms with Gasteiger partial charge in [-0.2, -0.15) is 5.26 Å². The van der Waals surface area contributed by atoms with Gasteiger partial charge >= 0.3 is 5.97 Å². The van der Waals surface area contributed by atoms with Crippen LogP contribution in [0.2, 0.25) is 0 Å². The van der Waals surface area contributed by atoms with E-state index in [0.29, 0.717) is 17.7 Å². The van der Waals surface area contributed by atoms with Gasteiger partial charge in [-0.15, -0.1) is 0 Å². The summed E-state index contributed by atoms with van der Waals surface area (Å²) in [6, 6.07) is 7.44. The molecular weight excluding hydrogens is 284 g/mol. The minimum absolute atomic E-state index is 0.390.